The van der Waals surface area contributed by atoms with Crippen LogP contribution in [0.1, 0.15) is 64.2 Å². The number of nitrogens with one attached hydrogen (secondary N) is 1. The zero-order valence-corrected chi connectivity index (χ0v) is 12.9. The number of likely N-dealkylation sites (tertiary alicyclic amines) is 1. The Balaban J connectivity index is 1.50. The predicted molar refractivity (Wildman–Crippen MR) is 82.8 cm³/mol. The van der Waals surface area contributed by atoms with Crippen LogP contribution in [0.15, 0.2) is 0 Å². The van der Waals surface area contributed by atoms with E-state index >= 15 is 0 Å². The summed E-state index contributed by atoms with van der Waals surface area (Å²) < 4.78 is 0. The van der Waals surface area contributed by atoms with Gasteiger partial charge in [0.15, 0.2) is 0 Å². The fourth-order valence-electron chi connectivity index (χ4n) is 4.72. The van der Waals surface area contributed by atoms with Crippen LogP contribution in [0.5, 0.6) is 0 Å². The van der Waals surface area contributed by atoms with Gasteiger partial charge in [-0.1, -0.05) is 32.1 Å². The maximum atomic E-state index is 10.5. The van der Waals surface area contributed by atoms with Gasteiger partial charge in [-0.2, -0.15) is 0 Å². The summed E-state index contributed by atoms with van der Waals surface area (Å²) in [6.45, 7) is 3.31. The molecule has 3 rings (SSSR count). The van der Waals surface area contributed by atoms with Crippen molar-refractivity contribution in [3.8, 4) is 0 Å². The second-order valence-corrected chi connectivity index (χ2v) is 7.30. The number of piperidine rings is 1. The Morgan fingerprint density at radius 3 is 2.55 bits per heavy atom. The third-order valence-electron chi connectivity index (χ3n) is 5.75. The maximum Gasteiger partial charge on any atom is 0.0669 e. The largest absolute Gasteiger partial charge is 0.392 e. The summed E-state index contributed by atoms with van der Waals surface area (Å²) in [7, 11) is 0. The van der Waals surface area contributed by atoms with Crippen molar-refractivity contribution in [3.05, 3.63) is 0 Å². The monoisotopic (exact) mass is 280 g/mol. The predicted octanol–water partition coefficient (Wildman–Crippen LogP) is 2.53. The number of hydrogen-bond donors (Lipinski definition) is 2. The van der Waals surface area contributed by atoms with E-state index in [9.17, 15) is 5.11 Å². The Morgan fingerprint density at radius 1 is 1.00 bits per heavy atom. The van der Waals surface area contributed by atoms with Gasteiger partial charge >= 0.3 is 0 Å². The average Bonchev–Trinajstić information content (AvgIpc) is 3.11. The molecule has 0 radical (unpaired) electrons. The lowest BCUT2D eigenvalue weighted by Gasteiger charge is -2.40. The number of rotatable bonds is 5. The van der Waals surface area contributed by atoms with Crippen molar-refractivity contribution >= 4 is 0 Å². The van der Waals surface area contributed by atoms with Crippen LogP contribution in [-0.2, 0) is 0 Å². The second-order valence-electron chi connectivity index (χ2n) is 7.30. The molecule has 0 aromatic rings. The standard InChI is InChI=1S/C17H32N2O/c20-15(12-14-6-1-2-7-14)13-19-11-4-3-9-17(19)16-8-5-10-18-16/h14-18,20H,1-13H2. The van der Waals surface area contributed by atoms with E-state index in [2.05, 4.69) is 10.2 Å². The Bertz CT molecular complexity index is 285. The van der Waals surface area contributed by atoms with Crippen molar-refractivity contribution < 1.29 is 5.11 Å². The van der Waals surface area contributed by atoms with Crippen LogP contribution in [0, 0.1) is 5.92 Å². The first-order valence-corrected chi connectivity index (χ1v) is 8.98. The van der Waals surface area contributed by atoms with Crippen LogP contribution in [0.4, 0.5) is 0 Å². The molecule has 0 spiro atoms. The molecule has 1 saturated carbocycles. The highest BCUT2D eigenvalue weighted by Gasteiger charge is 2.32. The van der Waals surface area contributed by atoms with E-state index in [0.29, 0.717) is 12.1 Å². The van der Waals surface area contributed by atoms with E-state index in [4.69, 9.17) is 0 Å². The van der Waals surface area contributed by atoms with Crippen LogP contribution in [0.3, 0.4) is 0 Å². The van der Waals surface area contributed by atoms with Crippen LogP contribution in [-0.4, -0.2) is 47.8 Å². The second kappa shape index (κ2) is 7.24. The SMILES string of the molecule is OC(CC1CCCC1)CN1CCCCC1C1CCCN1. The van der Waals surface area contributed by atoms with Gasteiger partial charge in [-0.15, -0.1) is 0 Å². The minimum absolute atomic E-state index is 0.0971. The highest BCUT2D eigenvalue weighted by molar-refractivity contribution is 4.91. The molecule has 3 fully saturated rings. The molecule has 2 N–H and O–H groups in total. The van der Waals surface area contributed by atoms with Crippen molar-refractivity contribution in [2.75, 3.05) is 19.6 Å². The van der Waals surface area contributed by atoms with Crippen LogP contribution >= 0.6 is 0 Å². The van der Waals surface area contributed by atoms with Crippen LogP contribution in [0.2, 0.25) is 0 Å². The zero-order valence-electron chi connectivity index (χ0n) is 12.9. The quantitative estimate of drug-likeness (QED) is 0.812. The Morgan fingerprint density at radius 2 is 1.80 bits per heavy atom. The van der Waals surface area contributed by atoms with Crippen molar-refractivity contribution in [1.82, 2.24) is 10.2 Å². The molecule has 3 atom stereocenters. The number of β-amino-alcohol motifs (C(OH)–C–C–N with tert-alkyl or cyclic N) is 1. The lowest BCUT2D eigenvalue weighted by Crippen LogP contribution is -2.52. The summed E-state index contributed by atoms with van der Waals surface area (Å²) in [5.74, 6) is 0.804. The summed E-state index contributed by atoms with van der Waals surface area (Å²) in [5, 5.41) is 14.1. The van der Waals surface area contributed by atoms with E-state index in [-0.39, 0.29) is 6.10 Å². The fraction of sp³-hybridized carbons (Fsp3) is 1.00. The summed E-state index contributed by atoms with van der Waals surface area (Å²) in [6, 6.07) is 1.37. The number of hydrogen-bond acceptors (Lipinski definition) is 3. The molecule has 1 aliphatic carbocycles. The van der Waals surface area contributed by atoms with E-state index < -0.39 is 0 Å². The summed E-state index contributed by atoms with van der Waals surface area (Å²) in [4.78, 5) is 2.60. The van der Waals surface area contributed by atoms with Crippen molar-refractivity contribution in [3.63, 3.8) is 0 Å². The minimum Gasteiger partial charge on any atom is -0.392 e. The summed E-state index contributed by atoms with van der Waals surface area (Å²) in [5.41, 5.74) is 0. The lowest BCUT2D eigenvalue weighted by atomic mass is 9.93. The molecule has 2 saturated heterocycles. The van der Waals surface area contributed by atoms with E-state index in [1.165, 1.54) is 70.9 Å². The van der Waals surface area contributed by atoms with Gasteiger partial charge in [-0.3, -0.25) is 4.90 Å². The zero-order chi connectivity index (χ0) is 13.8. The van der Waals surface area contributed by atoms with Gasteiger partial charge in [0.05, 0.1) is 6.10 Å². The maximum absolute atomic E-state index is 10.5. The molecule has 3 nitrogen and oxygen atoms in total. The molecule has 0 aromatic carbocycles. The van der Waals surface area contributed by atoms with Crippen molar-refractivity contribution in [1.29, 1.82) is 0 Å². The van der Waals surface area contributed by atoms with E-state index in [0.717, 1.165) is 18.9 Å². The highest BCUT2D eigenvalue weighted by atomic mass is 16.3. The van der Waals surface area contributed by atoms with Gasteiger partial charge in [0.25, 0.3) is 0 Å². The van der Waals surface area contributed by atoms with Gasteiger partial charge in [-0.25, -0.2) is 0 Å². The molecule has 0 aromatic heterocycles. The normalized spacial score (nSPS) is 34.6. The Labute approximate surface area is 124 Å². The highest BCUT2D eigenvalue weighted by Crippen LogP contribution is 2.30. The van der Waals surface area contributed by atoms with E-state index in [1.807, 2.05) is 0 Å². The van der Waals surface area contributed by atoms with Gasteiger partial charge in [0, 0.05) is 18.6 Å². The molecule has 116 valence electrons. The van der Waals surface area contributed by atoms with Crippen molar-refractivity contribution in [2.45, 2.75) is 82.4 Å². The molecule has 3 unspecified atom stereocenters. The molecule has 3 heteroatoms. The first kappa shape index (κ1) is 14.8. The lowest BCUT2D eigenvalue weighted by molar-refractivity contribution is 0.0436. The molecule has 2 heterocycles. The van der Waals surface area contributed by atoms with Gasteiger partial charge in [-0.05, 0) is 51.1 Å². The number of aliphatic hydroxyl groups excluding tert-OH is 1. The van der Waals surface area contributed by atoms with E-state index in [1.54, 1.807) is 0 Å². The van der Waals surface area contributed by atoms with Crippen LogP contribution in [0.25, 0.3) is 0 Å². The topological polar surface area (TPSA) is 35.5 Å². The summed E-state index contributed by atoms with van der Waals surface area (Å²) in [6.07, 6.45) is 13.1. The third kappa shape index (κ3) is 3.75. The Hall–Kier alpha value is -0.120. The molecule has 3 aliphatic rings. The summed E-state index contributed by atoms with van der Waals surface area (Å²) >= 11 is 0. The molecule has 0 amide bonds. The molecule has 0 bridgehead atoms. The molecule has 2 aliphatic heterocycles. The minimum atomic E-state index is -0.0971. The fourth-order valence-corrected chi connectivity index (χ4v) is 4.72. The Kier molecular flexibility index (Phi) is 5.36. The van der Waals surface area contributed by atoms with Gasteiger partial charge in [0.1, 0.15) is 0 Å². The molecular formula is C17H32N2O. The van der Waals surface area contributed by atoms with Gasteiger partial charge < -0.3 is 10.4 Å². The average molecular weight is 280 g/mol. The number of nitrogens with zero attached hydrogens (tertiary/aromatic N) is 1. The van der Waals surface area contributed by atoms with Crippen molar-refractivity contribution in [2.24, 2.45) is 5.92 Å². The smallest absolute Gasteiger partial charge is 0.0669 e. The van der Waals surface area contributed by atoms with Crippen LogP contribution < -0.4 is 5.32 Å². The first-order chi connectivity index (χ1) is 9.83. The number of aliphatic hydroxyl groups is 1. The first-order valence-electron chi connectivity index (χ1n) is 8.98. The molecule has 20 heavy (non-hydrogen) atoms. The third-order valence-corrected chi connectivity index (χ3v) is 5.75. The van der Waals surface area contributed by atoms with Gasteiger partial charge in [0.2, 0.25) is 0 Å². The molecular weight excluding hydrogens is 248 g/mol.